The molecule has 0 unspecified atom stereocenters. The van der Waals surface area contributed by atoms with Gasteiger partial charge in [-0.1, -0.05) is 6.07 Å². The molecule has 0 aliphatic heterocycles. The summed E-state index contributed by atoms with van der Waals surface area (Å²) in [5, 5.41) is 21.0. The minimum Gasteiger partial charge on any atom is -0.366 e. The quantitative estimate of drug-likeness (QED) is 0.621. The van der Waals surface area contributed by atoms with Crippen LogP contribution < -0.4 is 4.74 Å². The lowest BCUT2D eigenvalue weighted by atomic mass is 10.3. The number of fused-ring (bicyclic) bond motifs is 1. The molecular formula is C9H4N4O. The van der Waals surface area contributed by atoms with Crippen LogP contribution in [0, 0.1) is 22.8 Å². The number of rotatable bonds is 1. The van der Waals surface area contributed by atoms with Crippen LogP contribution in [0.25, 0.3) is 5.52 Å². The zero-order chi connectivity index (χ0) is 9.97. The molecule has 5 nitrogen and oxygen atoms in total. The van der Waals surface area contributed by atoms with Crippen molar-refractivity contribution in [2.45, 2.75) is 0 Å². The van der Waals surface area contributed by atoms with E-state index in [4.69, 9.17) is 10.5 Å². The monoisotopic (exact) mass is 184 g/mol. The van der Waals surface area contributed by atoms with E-state index in [1.165, 1.54) is 10.8 Å². The Bertz CT molecular complexity index is 558. The Labute approximate surface area is 79.4 Å². The first-order chi connectivity index (χ1) is 6.85. The van der Waals surface area contributed by atoms with Crippen LogP contribution in [0.4, 0.5) is 0 Å². The van der Waals surface area contributed by atoms with E-state index in [9.17, 15) is 0 Å². The highest BCUT2D eigenvalue weighted by molar-refractivity contribution is 5.52. The molecule has 2 rings (SSSR count). The minimum atomic E-state index is 0.190. The first-order valence-electron chi connectivity index (χ1n) is 3.80. The number of aromatic nitrogens is 2. The Morgan fingerprint density at radius 1 is 1.36 bits per heavy atom. The molecule has 0 amide bonds. The summed E-state index contributed by atoms with van der Waals surface area (Å²) in [5.41, 5.74) is 1.12. The van der Waals surface area contributed by atoms with Gasteiger partial charge in [0, 0.05) is 6.07 Å². The van der Waals surface area contributed by atoms with Gasteiger partial charge in [-0.15, -0.1) is 10.4 Å². The average Bonchev–Trinajstić information content (AvgIpc) is 2.60. The number of hydrogen-bond acceptors (Lipinski definition) is 4. The SMILES string of the molecule is N#COc1cc2cccc(C#N)n2n1. The Kier molecular flexibility index (Phi) is 1.78. The third-order valence-electron chi connectivity index (χ3n) is 1.73. The second-order valence-electron chi connectivity index (χ2n) is 2.54. The van der Waals surface area contributed by atoms with Crippen molar-refractivity contribution in [1.29, 1.82) is 10.5 Å². The molecule has 0 aliphatic carbocycles. The maximum absolute atomic E-state index is 8.76. The fourth-order valence-electron chi connectivity index (χ4n) is 1.17. The molecule has 14 heavy (non-hydrogen) atoms. The maximum atomic E-state index is 8.76. The normalized spacial score (nSPS) is 9.29. The Hall–Kier alpha value is -2.53. The van der Waals surface area contributed by atoms with Gasteiger partial charge >= 0.3 is 0 Å². The van der Waals surface area contributed by atoms with Gasteiger partial charge in [0.15, 0.2) is 0 Å². The molecule has 5 heteroatoms. The van der Waals surface area contributed by atoms with E-state index in [1.807, 2.05) is 6.07 Å². The van der Waals surface area contributed by atoms with Crippen LogP contribution in [0.15, 0.2) is 24.3 Å². The first-order valence-corrected chi connectivity index (χ1v) is 3.80. The minimum absolute atomic E-state index is 0.190. The molecule has 0 aliphatic rings. The van der Waals surface area contributed by atoms with Gasteiger partial charge in [-0.2, -0.15) is 5.26 Å². The number of pyridine rings is 1. The largest absolute Gasteiger partial charge is 0.366 e. The highest BCUT2D eigenvalue weighted by Gasteiger charge is 2.04. The molecule has 0 atom stereocenters. The van der Waals surface area contributed by atoms with Crippen molar-refractivity contribution in [3.63, 3.8) is 0 Å². The van der Waals surface area contributed by atoms with Crippen molar-refractivity contribution in [3.05, 3.63) is 30.0 Å². The van der Waals surface area contributed by atoms with Gasteiger partial charge in [0.1, 0.15) is 11.8 Å². The lowest BCUT2D eigenvalue weighted by Gasteiger charge is -1.92. The standard InChI is InChI=1S/C9H4N4O/c10-5-8-3-1-2-7-4-9(14-6-11)12-13(7)8/h1-4H. The maximum Gasteiger partial charge on any atom is 0.293 e. The summed E-state index contributed by atoms with van der Waals surface area (Å²) in [5.74, 6) is 0.190. The summed E-state index contributed by atoms with van der Waals surface area (Å²) in [7, 11) is 0. The lowest BCUT2D eigenvalue weighted by molar-refractivity contribution is 0.481. The molecule has 0 aromatic carbocycles. The number of nitriles is 2. The topological polar surface area (TPSA) is 74.1 Å². The van der Waals surface area contributed by atoms with Crippen LogP contribution >= 0.6 is 0 Å². The number of ether oxygens (including phenoxy) is 1. The van der Waals surface area contributed by atoms with Crippen molar-refractivity contribution >= 4 is 5.52 Å². The van der Waals surface area contributed by atoms with E-state index in [0.29, 0.717) is 11.2 Å². The molecule has 2 heterocycles. The van der Waals surface area contributed by atoms with E-state index in [0.717, 1.165) is 0 Å². The second kappa shape index (κ2) is 3.08. The average molecular weight is 184 g/mol. The van der Waals surface area contributed by atoms with Gasteiger partial charge in [0.2, 0.25) is 0 Å². The molecular weight excluding hydrogens is 180 g/mol. The van der Waals surface area contributed by atoms with Gasteiger partial charge in [-0.3, -0.25) is 0 Å². The molecule has 0 spiro atoms. The summed E-state index contributed by atoms with van der Waals surface area (Å²) in [6.45, 7) is 0. The van der Waals surface area contributed by atoms with Crippen LogP contribution in [0.5, 0.6) is 5.88 Å². The van der Waals surface area contributed by atoms with Gasteiger partial charge < -0.3 is 4.74 Å². The lowest BCUT2D eigenvalue weighted by Crippen LogP contribution is -1.93. The summed E-state index contributed by atoms with van der Waals surface area (Å²) < 4.78 is 5.98. The first kappa shape index (κ1) is 8.09. The third-order valence-corrected chi connectivity index (χ3v) is 1.73. The Morgan fingerprint density at radius 2 is 2.21 bits per heavy atom. The second-order valence-corrected chi connectivity index (χ2v) is 2.54. The molecule has 0 radical (unpaired) electrons. The van der Waals surface area contributed by atoms with Gasteiger partial charge in [-0.05, 0) is 12.1 Å². The number of hydrogen-bond donors (Lipinski definition) is 0. The molecule has 2 aromatic rings. The molecule has 0 bridgehead atoms. The zero-order valence-electron chi connectivity index (χ0n) is 7.01. The fourth-order valence-corrected chi connectivity index (χ4v) is 1.17. The summed E-state index contributed by atoms with van der Waals surface area (Å²) in [4.78, 5) is 0. The van der Waals surface area contributed by atoms with Crippen molar-refractivity contribution < 1.29 is 4.74 Å². The van der Waals surface area contributed by atoms with Gasteiger partial charge in [-0.25, -0.2) is 4.52 Å². The van der Waals surface area contributed by atoms with E-state index in [1.54, 1.807) is 24.3 Å². The Morgan fingerprint density at radius 3 is 2.93 bits per heavy atom. The third kappa shape index (κ3) is 1.13. The number of nitrogens with zero attached hydrogens (tertiary/aromatic N) is 4. The summed E-state index contributed by atoms with van der Waals surface area (Å²) in [6, 6.07) is 8.73. The summed E-state index contributed by atoms with van der Waals surface area (Å²) >= 11 is 0. The van der Waals surface area contributed by atoms with E-state index >= 15 is 0 Å². The van der Waals surface area contributed by atoms with Crippen LogP contribution in [0.2, 0.25) is 0 Å². The van der Waals surface area contributed by atoms with E-state index in [2.05, 4.69) is 9.84 Å². The van der Waals surface area contributed by atoms with Crippen molar-refractivity contribution in [2.24, 2.45) is 0 Å². The van der Waals surface area contributed by atoms with Crippen molar-refractivity contribution in [2.75, 3.05) is 0 Å². The van der Waals surface area contributed by atoms with E-state index in [-0.39, 0.29) is 5.88 Å². The molecule has 0 N–H and O–H groups in total. The molecule has 66 valence electrons. The van der Waals surface area contributed by atoms with Crippen LogP contribution in [0.1, 0.15) is 5.69 Å². The van der Waals surface area contributed by atoms with Gasteiger partial charge in [0.25, 0.3) is 12.1 Å². The Balaban J connectivity index is 2.67. The molecule has 2 aromatic heterocycles. The van der Waals surface area contributed by atoms with Gasteiger partial charge in [0.05, 0.1) is 5.52 Å². The van der Waals surface area contributed by atoms with Crippen molar-refractivity contribution in [3.8, 4) is 18.2 Å². The van der Waals surface area contributed by atoms with Crippen LogP contribution in [-0.2, 0) is 0 Å². The fraction of sp³-hybridized carbons (Fsp3) is 0. The predicted octanol–water partition coefficient (Wildman–Crippen LogP) is 1.07. The summed E-state index contributed by atoms with van der Waals surface area (Å²) in [6.07, 6.45) is 1.52. The highest BCUT2D eigenvalue weighted by Crippen LogP contribution is 2.14. The zero-order valence-corrected chi connectivity index (χ0v) is 7.01. The molecule has 0 fully saturated rings. The van der Waals surface area contributed by atoms with Crippen molar-refractivity contribution in [1.82, 2.24) is 9.61 Å². The van der Waals surface area contributed by atoms with Crippen LogP contribution in [0.3, 0.4) is 0 Å². The highest BCUT2D eigenvalue weighted by atomic mass is 16.5. The van der Waals surface area contributed by atoms with Crippen LogP contribution in [-0.4, -0.2) is 9.61 Å². The molecule has 0 saturated heterocycles. The molecule has 0 saturated carbocycles. The smallest absolute Gasteiger partial charge is 0.293 e. The van der Waals surface area contributed by atoms with E-state index < -0.39 is 0 Å². The predicted molar refractivity (Wildman–Crippen MR) is 46.1 cm³/mol.